The van der Waals surface area contributed by atoms with Gasteiger partial charge >= 0.3 is 5.97 Å². The van der Waals surface area contributed by atoms with E-state index < -0.39 is 5.97 Å². The number of fused-ring (bicyclic) bond motifs is 1. The molecule has 0 saturated carbocycles. The molecule has 0 unspecified atom stereocenters. The summed E-state index contributed by atoms with van der Waals surface area (Å²) in [4.78, 5) is 29.1. The molecule has 0 amide bonds. The van der Waals surface area contributed by atoms with Gasteiger partial charge in [-0.15, -0.1) is 0 Å². The van der Waals surface area contributed by atoms with Gasteiger partial charge in [0.25, 0.3) is 0 Å². The summed E-state index contributed by atoms with van der Waals surface area (Å²) in [5, 5.41) is 0.678. The molecule has 0 bridgehead atoms. The highest BCUT2D eigenvalue weighted by atomic mass is 16.5. The molecule has 0 spiro atoms. The number of unbranched alkanes of at least 4 members (excludes halogenated alkanes) is 3. The van der Waals surface area contributed by atoms with Crippen molar-refractivity contribution in [1.29, 1.82) is 0 Å². The van der Waals surface area contributed by atoms with Crippen LogP contribution in [-0.4, -0.2) is 42.4 Å². The van der Waals surface area contributed by atoms with Gasteiger partial charge in [-0.05, 0) is 95.4 Å². The third kappa shape index (κ3) is 8.79. The van der Waals surface area contributed by atoms with Crippen molar-refractivity contribution in [3.63, 3.8) is 0 Å². The largest absolute Gasteiger partial charge is 0.460 e. The van der Waals surface area contributed by atoms with E-state index in [1.807, 2.05) is 32.0 Å². The van der Waals surface area contributed by atoms with Crippen LogP contribution in [0, 0.1) is 0 Å². The van der Waals surface area contributed by atoms with E-state index in [0.29, 0.717) is 39.8 Å². The number of hydrogen-bond acceptors (Lipinski definition) is 5. The Bertz CT molecular complexity index is 1200. The monoisotopic (exact) mass is 533 g/mol. The maximum atomic E-state index is 14.0. The molecule has 0 atom stereocenters. The van der Waals surface area contributed by atoms with Crippen molar-refractivity contribution >= 4 is 22.7 Å². The highest BCUT2D eigenvalue weighted by Crippen LogP contribution is 2.31. The van der Waals surface area contributed by atoms with Crippen LogP contribution in [0.25, 0.3) is 11.0 Å². The summed E-state index contributed by atoms with van der Waals surface area (Å²) in [5.41, 5.74) is 3.46. The fraction of sp³-hybridized carbons (Fsp3) is 0.529. The molecular formula is C34H47NO4. The van der Waals surface area contributed by atoms with Crippen molar-refractivity contribution < 1.29 is 18.7 Å². The van der Waals surface area contributed by atoms with Gasteiger partial charge in [0.15, 0.2) is 5.78 Å². The SMILES string of the molecule is CCCCc1oc2ccc(C(=O)OC(C)C)cc2c1C(=O)c1cccc(CCCN(CCCC)CCCC)c1. The lowest BCUT2D eigenvalue weighted by atomic mass is 9.95. The molecule has 5 heteroatoms. The zero-order valence-corrected chi connectivity index (χ0v) is 24.7. The van der Waals surface area contributed by atoms with Gasteiger partial charge in [0.1, 0.15) is 11.3 Å². The van der Waals surface area contributed by atoms with Gasteiger partial charge in [-0.3, -0.25) is 4.79 Å². The maximum absolute atomic E-state index is 14.0. The van der Waals surface area contributed by atoms with Gasteiger partial charge in [-0.25, -0.2) is 4.79 Å². The van der Waals surface area contributed by atoms with Crippen molar-refractivity contribution in [2.75, 3.05) is 19.6 Å². The van der Waals surface area contributed by atoms with E-state index in [1.54, 1.807) is 18.2 Å². The second kappa shape index (κ2) is 15.6. The smallest absolute Gasteiger partial charge is 0.338 e. The Morgan fingerprint density at radius 2 is 1.51 bits per heavy atom. The highest BCUT2D eigenvalue weighted by Gasteiger charge is 2.23. The minimum Gasteiger partial charge on any atom is -0.460 e. The van der Waals surface area contributed by atoms with Gasteiger partial charge in [-0.1, -0.05) is 58.2 Å². The van der Waals surface area contributed by atoms with Crippen molar-refractivity contribution in [2.45, 2.75) is 98.5 Å². The molecule has 1 aromatic heterocycles. The number of benzene rings is 2. The second-order valence-corrected chi connectivity index (χ2v) is 10.9. The van der Waals surface area contributed by atoms with Gasteiger partial charge in [0.2, 0.25) is 0 Å². The Morgan fingerprint density at radius 3 is 2.18 bits per heavy atom. The molecule has 0 aliphatic rings. The van der Waals surface area contributed by atoms with Gasteiger partial charge in [0.05, 0.1) is 17.2 Å². The van der Waals surface area contributed by atoms with Crippen molar-refractivity contribution in [3.05, 3.63) is 70.5 Å². The van der Waals surface area contributed by atoms with E-state index in [0.717, 1.165) is 45.3 Å². The molecule has 0 aliphatic heterocycles. The number of carbonyl (C=O) groups excluding carboxylic acids is 2. The lowest BCUT2D eigenvalue weighted by Gasteiger charge is -2.21. The third-order valence-electron chi connectivity index (χ3n) is 7.11. The summed E-state index contributed by atoms with van der Waals surface area (Å²) in [6.45, 7) is 13.7. The average molecular weight is 534 g/mol. The van der Waals surface area contributed by atoms with E-state index in [-0.39, 0.29) is 11.9 Å². The molecule has 3 aromatic rings. The maximum Gasteiger partial charge on any atom is 0.338 e. The summed E-state index contributed by atoms with van der Waals surface area (Å²) in [6.07, 6.45) is 9.32. The first kappa shape index (κ1) is 30.6. The molecular weight excluding hydrogens is 486 g/mol. The number of esters is 1. The van der Waals surface area contributed by atoms with E-state index in [9.17, 15) is 9.59 Å². The molecule has 2 aromatic carbocycles. The summed E-state index contributed by atoms with van der Waals surface area (Å²) < 4.78 is 11.6. The van der Waals surface area contributed by atoms with Crippen LogP contribution in [0.3, 0.4) is 0 Å². The quantitative estimate of drug-likeness (QED) is 0.129. The number of hydrogen-bond donors (Lipinski definition) is 0. The van der Waals surface area contributed by atoms with Gasteiger partial charge < -0.3 is 14.1 Å². The van der Waals surface area contributed by atoms with Gasteiger partial charge in [0, 0.05) is 17.4 Å². The Balaban J connectivity index is 1.84. The predicted molar refractivity (Wildman–Crippen MR) is 160 cm³/mol. The second-order valence-electron chi connectivity index (χ2n) is 10.9. The van der Waals surface area contributed by atoms with Crippen molar-refractivity contribution in [3.8, 4) is 0 Å². The van der Waals surface area contributed by atoms with Crippen LogP contribution < -0.4 is 0 Å². The molecule has 1 heterocycles. The minimum absolute atomic E-state index is 0.0522. The van der Waals surface area contributed by atoms with E-state index >= 15 is 0 Å². The van der Waals surface area contributed by atoms with Crippen LogP contribution in [-0.2, 0) is 17.6 Å². The van der Waals surface area contributed by atoms with Crippen LogP contribution in [0.2, 0.25) is 0 Å². The number of carbonyl (C=O) groups is 2. The van der Waals surface area contributed by atoms with E-state index in [2.05, 4.69) is 31.7 Å². The lowest BCUT2D eigenvalue weighted by Crippen LogP contribution is -2.27. The van der Waals surface area contributed by atoms with Crippen LogP contribution in [0.5, 0.6) is 0 Å². The third-order valence-corrected chi connectivity index (χ3v) is 7.11. The first-order chi connectivity index (χ1) is 18.9. The average Bonchev–Trinajstić information content (AvgIpc) is 3.29. The fourth-order valence-electron chi connectivity index (χ4n) is 4.94. The van der Waals surface area contributed by atoms with E-state index in [1.165, 1.54) is 31.2 Å². The summed E-state index contributed by atoms with van der Waals surface area (Å²) in [6, 6.07) is 13.2. The Labute approximate surface area is 234 Å². The Kier molecular flexibility index (Phi) is 12.3. The van der Waals surface area contributed by atoms with Crippen LogP contribution in [0.4, 0.5) is 0 Å². The number of nitrogens with zero attached hydrogens (tertiary/aromatic N) is 1. The molecule has 0 saturated heterocycles. The summed E-state index contributed by atoms with van der Waals surface area (Å²) >= 11 is 0. The van der Waals surface area contributed by atoms with Crippen LogP contribution in [0.1, 0.15) is 117 Å². The molecule has 212 valence electrons. The highest BCUT2D eigenvalue weighted by molar-refractivity contribution is 6.17. The van der Waals surface area contributed by atoms with Crippen molar-refractivity contribution in [2.24, 2.45) is 0 Å². The fourth-order valence-corrected chi connectivity index (χ4v) is 4.94. The predicted octanol–water partition coefficient (Wildman–Crippen LogP) is 8.41. The molecule has 3 rings (SSSR count). The lowest BCUT2D eigenvalue weighted by molar-refractivity contribution is 0.0378. The number of furan rings is 1. The molecule has 0 aliphatic carbocycles. The zero-order chi connectivity index (χ0) is 28.2. The topological polar surface area (TPSA) is 59.8 Å². The molecule has 39 heavy (non-hydrogen) atoms. The number of rotatable bonds is 17. The van der Waals surface area contributed by atoms with Crippen molar-refractivity contribution in [1.82, 2.24) is 4.90 Å². The van der Waals surface area contributed by atoms with Gasteiger partial charge in [-0.2, -0.15) is 0 Å². The van der Waals surface area contributed by atoms with Crippen LogP contribution in [0.15, 0.2) is 46.9 Å². The summed E-state index contributed by atoms with van der Waals surface area (Å²) in [5.74, 6) is 0.248. The molecule has 5 nitrogen and oxygen atoms in total. The first-order valence-corrected chi connectivity index (χ1v) is 15.0. The normalized spacial score (nSPS) is 11.6. The number of aryl methyl sites for hydroxylation is 2. The van der Waals surface area contributed by atoms with Crippen LogP contribution >= 0.6 is 0 Å². The Morgan fingerprint density at radius 1 is 0.821 bits per heavy atom. The minimum atomic E-state index is -0.393. The number of ether oxygens (including phenoxy) is 1. The molecule has 0 N–H and O–H groups in total. The molecule has 0 fully saturated rings. The standard InChI is InChI=1S/C34H47NO4/c1-6-9-17-31-32(29-24-28(18-19-30(29)39-31)34(37)38-25(4)5)33(36)27-16-12-14-26(23-27)15-13-22-35(20-10-7-2)21-11-8-3/h12,14,16,18-19,23-25H,6-11,13,15,17,20-22H2,1-5H3. The molecule has 0 radical (unpaired) electrons. The Hall–Kier alpha value is -2.92. The first-order valence-electron chi connectivity index (χ1n) is 15.0. The summed E-state index contributed by atoms with van der Waals surface area (Å²) in [7, 11) is 0. The van der Waals surface area contributed by atoms with E-state index in [4.69, 9.17) is 9.15 Å². The number of ketones is 1. The zero-order valence-electron chi connectivity index (χ0n) is 24.7.